The van der Waals surface area contributed by atoms with E-state index in [1.807, 2.05) is 44.2 Å². The standard InChI is InChI=1S/C30H45N5O5/c1-19-14-23(36)15-20(2)24(19)17-26(35-29(39)40-30(3,4)5)28(38)34-25(12-9-13-31)27(37)33-18-22(32)16-21-10-7-6-8-11-21/h6-8,10-11,14-15,22,25-26,36H,9,12-13,16-18,31-32H2,1-5H3,(H,33,37)(H,34,38)(H,35,39)/t22-,25+,26-/m0/s1. The Morgan fingerprint density at radius 3 is 2.15 bits per heavy atom. The van der Waals surface area contributed by atoms with Crippen LogP contribution in [0.1, 0.15) is 55.9 Å². The zero-order valence-electron chi connectivity index (χ0n) is 24.3. The molecule has 0 saturated carbocycles. The van der Waals surface area contributed by atoms with E-state index in [1.165, 1.54) is 0 Å². The summed E-state index contributed by atoms with van der Waals surface area (Å²) in [6, 6.07) is 10.7. The first-order valence-electron chi connectivity index (χ1n) is 13.6. The van der Waals surface area contributed by atoms with E-state index in [9.17, 15) is 19.5 Å². The van der Waals surface area contributed by atoms with Gasteiger partial charge in [-0.1, -0.05) is 30.3 Å². The minimum Gasteiger partial charge on any atom is -0.508 e. The number of hydrogen-bond donors (Lipinski definition) is 6. The Morgan fingerprint density at radius 1 is 0.950 bits per heavy atom. The van der Waals surface area contributed by atoms with Crippen LogP contribution in [0.3, 0.4) is 0 Å². The molecular formula is C30H45N5O5. The molecule has 3 atom stereocenters. The van der Waals surface area contributed by atoms with E-state index < -0.39 is 29.7 Å². The molecule has 3 amide bonds. The lowest BCUT2D eigenvalue weighted by atomic mass is 9.95. The molecular weight excluding hydrogens is 510 g/mol. The maximum Gasteiger partial charge on any atom is 0.408 e. The molecule has 0 bridgehead atoms. The SMILES string of the molecule is Cc1cc(O)cc(C)c1C[C@H](NC(=O)OC(C)(C)C)C(=O)N[C@H](CCCN)C(=O)NC[C@@H](N)Cc1ccccc1. The van der Waals surface area contributed by atoms with Crippen molar-refractivity contribution in [1.82, 2.24) is 16.0 Å². The maximum absolute atomic E-state index is 13.5. The number of rotatable bonds is 13. The van der Waals surface area contributed by atoms with Crippen LogP contribution in [-0.2, 0) is 27.2 Å². The van der Waals surface area contributed by atoms with Crippen molar-refractivity contribution in [2.24, 2.45) is 11.5 Å². The fourth-order valence-corrected chi connectivity index (χ4v) is 4.36. The number of alkyl carbamates (subject to hydrolysis) is 1. The molecule has 0 aliphatic carbocycles. The second kappa shape index (κ2) is 15.2. The van der Waals surface area contributed by atoms with Crippen molar-refractivity contribution in [2.75, 3.05) is 13.1 Å². The lowest BCUT2D eigenvalue weighted by Crippen LogP contribution is -2.55. The topological polar surface area (TPSA) is 169 Å². The predicted molar refractivity (Wildman–Crippen MR) is 156 cm³/mol. The Labute approximate surface area is 237 Å². The van der Waals surface area contributed by atoms with Crippen molar-refractivity contribution in [3.8, 4) is 5.75 Å². The summed E-state index contributed by atoms with van der Waals surface area (Å²) in [5.41, 5.74) is 14.6. The largest absolute Gasteiger partial charge is 0.508 e. The van der Waals surface area contributed by atoms with Crippen LogP contribution in [0.25, 0.3) is 0 Å². The van der Waals surface area contributed by atoms with Gasteiger partial charge in [-0.25, -0.2) is 4.79 Å². The van der Waals surface area contributed by atoms with Crippen molar-refractivity contribution in [1.29, 1.82) is 0 Å². The molecule has 220 valence electrons. The zero-order chi connectivity index (χ0) is 29.9. The highest BCUT2D eigenvalue weighted by molar-refractivity contribution is 5.91. The fraction of sp³-hybridized carbons (Fsp3) is 0.500. The molecule has 2 rings (SSSR count). The number of phenols is 1. The summed E-state index contributed by atoms with van der Waals surface area (Å²) in [6.45, 7) is 9.40. The van der Waals surface area contributed by atoms with Gasteiger partial charge in [0.05, 0.1) is 0 Å². The third-order valence-electron chi connectivity index (χ3n) is 6.31. The van der Waals surface area contributed by atoms with Gasteiger partial charge >= 0.3 is 6.09 Å². The van der Waals surface area contributed by atoms with Gasteiger partial charge in [-0.2, -0.15) is 0 Å². The van der Waals surface area contributed by atoms with Gasteiger partial charge in [-0.15, -0.1) is 0 Å². The van der Waals surface area contributed by atoms with Crippen molar-refractivity contribution < 1.29 is 24.2 Å². The summed E-state index contributed by atoms with van der Waals surface area (Å²) in [4.78, 5) is 39.3. The number of hydrogen-bond acceptors (Lipinski definition) is 7. The summed E-state index contributed by atoms with van der Waals surface area (Å²) in [7, 11) is 0. The van der Waals surface area contributed by atoms with Gasteiger partial charge in [0, 0.05) is 19.0 Å². The summed E-state index contributed by atoms with van der Waals surface area (Å²) in [6.07, 6.45) is 0.800. The van der Waals surface area contributed by atoms with Crippen LogP contribution >= 0.6 is 0 Å². The molecule has 2 aromatic carbocycles. The van der Waals surface area contributed by atoms with Crippen molar-refractivity contribution in [3.63, 3.8) is 0 Å². The first kappa shape index (κ1) is 32.6. The van der Waals surface area contributed by atoms with Gasteiger partial charge in [0.15, 0.2) is 0 Å². The van der Waals surface area contributed by atoms with Crippen LogP contribution in [0.15, 0.2) is 42.5 Å². The highest BCUT2D eigenvalue weighted by Gasteiger charge is 2.29. The number of carbonyl (C=O) groups excluding carboxylic acids is 3. The third kappa shape index (κ3) is 11.2. The number of carbonyl (C=O) groups is 3. The van der Waals surface area contributed by atoms with Gasteiger partial charge in [0.25, 0.3) is 0 Å². The Hall–Kier alpha value is -3.63. The molecule has 0 fully saturated rings. The number of nitrogens with one attached hydrogen (secondary N) is 3. The van der Waals surface area contributed by atoms with Gasteiger partial charge < -0.3 is 37.3 Å². The van der Waals surface area contributed by atoms with E-state index in [2.05, 4.69) is 16.0 Å². The smallest absolute Gasteiger partial charge is 0.408 e. The number of aromatic hydroxyl groups is 1. The average Bonchev–Trinajstić information content (AvgIpc) is 2.85. The third-order valence-corrected chi connectivity index (χ3v) is 6.31. The minimum absolute atomic E-state index is 0.115. The quantitative estimate of drug-likeness (QED) is 0.220. The summed E-state index contributed by atoms with van der Waals surface area (Å²) < 4.78 is 5.39. The van der Waals surface area contributed by atoms with E-state index in [-0.39, 0.29) is 30.7 Å². The second-order valence-corrected chi connectivity index (χ2v) is 11.1. The molecule has 0 radical (unpaired) electrons. The average molecular weight is 556 g/mol. The first-order valence-corrected chi connectivity index (χ1v) is 13.6. The predicted octanol–water partition coefficient (Wildman–Crippen LogP) is 2.35. The van der Waals surface area contributed by atoms with E-state index in [4.69, 9.17) is 16.2 Å². The van der Waals surface area contributed by atoms with Gasteiger partial charge in [-0.3, -0.25) is 9.59 Å². The Morgan fingerprint density at radius 2 is 1.57 bits per heavy atom. The number of phenolic OH excluding ortho intramolecular Hbond substituents is 1. The molecule has 0 saturated heterocycles. The van der Waals surface area contributed by atoms with E-state index in [1.54, 1.807) is 32.9 Å². The van der Waals surface area contributed by atoms with E-state index in [0.717, 1.165) is 22.3 Å². The molecule has 0 aromatic heterocycles. The number of ether oxygens (including phenoxy) is 1. The molecule has 8 N–H and O–H groups in total. The minimum atomic E-state index is -1.04. The molecule has 10 nitrogen and oxygen atoms in total. The number of benzene rings is 2. The van der Waals surface area contributed by atoms with Crippen LogP contribution in [0.5, 0.6) is 5.75 Å². The van der Waals surface area contributed by atoms with Gasteiger partial charge in [0.2, 0.25) is 11.8 Å². The first-order chi connectivity index (χ1) is 18.8. The zero-order valence-corrected chi connectivity index (χ0v) is 24.3. The Balaban J connectivity index is 2.17. The Bertz CT molecular complexity index is 1110. The normalized spacial score (nSPS) is 13.6. The number of aryl methyl sites for hydroxylation is 2. The molecule has 0 unspecified atom stereocenters. The Kier molecular flexibility index (Phi) is 12.4. The van der Waals surface area contributed by atoms with Crippen LogP contribution < -0.4 is 27.4 Å². The van der Waals surface area contributed by atoms with E-state index in [0.29, 0.717) is 25.8 Å². The van der Waals surface area contributed by atoms with Crippen LogP contribution in [-0.4, -0.2) is 59.8 Å². The van der Waals surface area contributed by atoms with Crippen LogP contribution in [0.4, 0.5) is 4.79 Å². The summed E-state index contributed by atoms with van der Waals surface area (Å²) >= 11 is 0. The molecule has 0 aliphatic heterocycles. The lowest BCUT2D eigenvalue weighted by molar-refractivity contribution is -0.130. The lowest BCUT2D eigenvalue weighted by Gasteiger charge is -2.26. The highest BCUT2D eigenvalue weighted by atomic mass is 16.6. The molecule has 0 spiro atoms. The summed E-state index contributed by atoms with van der Waals surface area (Å²) in [5, 5.41) is 18.2. The molecule has 0 aliphatic rings. The summed E-state index contributed by atoms with van der Waals surface area (Å²) in [5.74, 6) is -0.800. The molecule has 10 heteroatoms. The number of amides is 3. The fourth-order valence-electron chi connectivity index (χ4n) is 4.36. The van der Waals surface area contributed by atoms with Gasteiger partial charge in [-0.05, 0) is 94.8 Å². The number of nitrogens with two attached hydrogens (primary N) is 2. The highest BCUT2D eigenvalue weighted by Crippen LogP contribution is 2.22. The molecule has 2 aromatic rings. The molecule has 40 heavy (non-hydrogen) atoms. The van der Waals surface area contributed by atoms with Crippen LogP contribution in [0, 0.1) is 13.8 Å². The maximum atomic E-state index is 13.5. The van der Waals surface area contributed by atoms with Gasteiger partial charge in [0.1, 0.15) is 23.4 Å². The van der Waals surface area contributed by atoms with Crippen LogP contribution in [0.2, 0.25) is 0 Å². The monoisotopic (exact) mass is 555 g/mol. The second-order valence-electron chi connectivity index (χ2n) is 11.1. The van der Waals surface area contributed by atoms with Crippen molar-refractivity contribution >= 4 is 17.9 Å². The van der Waals surface area contributed by atoms with Crippen molar-refractivity contribution in [3.05, 3.63) is 64.7 Å². The van der Waals surface area contributed by atoms with E-state index >= 15 is 0 Å². The molecule has 0 heterocycles. The van der Waals surface area contributed by atoms with Crippen molar-refractivity contribution in [2.45, 2.75) is 84.0 Å².